The van der Waals surface area contributed by atoms with Gasteiger partial charge in [-0.3, -0.25) is 9.80 Å². The molecule has 0 aromatic rings. The number of nitrogens with zero attached hydrogens (tertiary/aromatic N) is 2. The lowest BCUT2D eigenvalue weighted by Crippen LogP contribution is -2.59. The molecule has 2 nitrogen and oxygen atoms in total. The van der Waals surface area contributed by atoms with Crippen LogP contribution in [0.15, 0.2) is 0 Å². The van der Waals surface area contributed by atoms with Gasteiger partial charge in [-0.05, 0) is 41.2 Å². The minimum Gasteiger partial charge on any atom is -0.299 e. The molecule has 1 saturated heterocycles. The Bertz CT molecular complexity index is 280. The van der Waals surface area contributed by atoms with Crippen molar-refractivity contribution in [2.24, 2.45) is 0 Å². The molecule has 0 spiro atoms. The molecule has 1 heterocycles. The lowest BCUT2D eigenvalue weighted by molar-refractivity contribution is 0.0369. The second kappa shape index (κ2) is 8.30. The highest BCUT2D eigenvalue weighted by molar-refractivity contribution is 8.77. The highest BCUT2D eigenvalue weighted by Gasteiger charge is 2.33. The van der Waals surface area contributed by atoms with Crippen LogP contribution in [0, 0.1) is 0 Å². The SMILES string of the molecule is CCCCCSSC(C)(C)CN1CCN(C)C(C)(C)C1. The number of hydrogen-bond donors (Lipinski definition) is 0. The van der Waals surface area contributed by atoms with Gasteiger partial charge in [-0.25, -0.2) is 0 Å². The lowest BCUT2D eigenvalue weighted by atomic mass is 9.99. The minimum absolute atomic E-state index is 0.313. The molecule has 0 unspecified atom stereocenters. The first-order valence-corrected chi connectivity index (χ1v) is 10.3. The molecule has 0 aromatic heterocycles. The van der Waals surface area contributed by atoms with Crippen LogP contribution in [0.25, 0.3) is 0 Å². The average Bonchev–Trinajstić information content (AvgIpc) is 2.33. The molecule has 1 aliphatic rings. The van der Waals surface area contributed by atoms with Crippen molar-refractivity contribution >= 4 is 21.6 Å². The molecule has 0 saturated carbocycles. The van der Waals surface area contributed by atoms with E-state index in [1.54, 1.807) is 0 Å². The van der Waals surface area contributed by atoms with Gasteiger partial charge in [0, 0.05) is 42.2 Å². The molecule has 120 valence electrons. The van der Waals surface area contributed by atoms with Gasteiger partial charge in [-0.15, -0.1) is 0 Å². The summed E-state index contributed by atoms with van der Waals surface area (Å²) in [5, 5.41) is 0. The molecule has 1 fully saturated rings. The third kappa shape index (κ3) is 6.59. The summed E-state index contributed by atoms with van der Waals surface area (Å²) in [6.45, 7) is 16.6. The van der Waals surface area contributed by atoms with Gasteiger partial charge < -0.3 is 0 Å². The molecule has 0 aromatic carbocycles. The molecule has 0 radical (unpaired) electrons. The molecule has 0 bridgehead atoms. The maximum absolute atomic E-state index is 2.65. The van der Waals surface area contributed by atoms with Gasteiger partial charge in [0.2, 0.25) is 0 Å². The highest BCUT2D eigenvalue weighted by atomic mass is 33.1. The maximum Gasteiger partial charge on any atom is 0.0334 e. The van der Waals surface area contributed by atoms with Crippen molar-refractivity contribution in [3.8, 4) is 0 Å². The zero-order chi connectivity index (χ0) is 15.2. The summed E-state index contributed by atoms with van der Waals surface area (Å²) >= 11 is 0. The molecule has 1 rings (SSSR count). The van der Waals surface area contributed by atoms with Crippen molar-refractivity contribution in [1.29, 1.82) is 0 Å². The number of likely N-dealkylation sites (N-methyl/N-ethyl adjacent to an activating group) is 1. The van der Waals surface area contributed by atoms with E-state index in [2.05, 4.69) is 73.1 Å². The van der Waals surface area contributed by atoms with Gasteiger partial charge in [0.25, 0.3) is 0 Å². The van der Waals surface area contributed by atoms with E-state index in [0.29, 0.717) is 10.3 Å². The Morgan fingerprint density at radius 1 is 1.15 bits per heavy atom. The molecular weight excluding hydrogens is 284 g/mol. The first-order valence-electron chi connectivity index (χ1n) is 8.01. The van der Waals surface area contributed by atoms with Crippen LogP contribution >= 0.6 is 21.6 Å². The van der Waals surface area contributed by atoms with Crippen molar-refractivity contribution in [1.82, 2.24) is 9.80 Å². The zero-order valence-electron chi connectivity index (χ0n) is 14.4. The molecule has 20 heavy (non-hydrogen) atoms. The lowest BCUT2D eigenvalue weighted by Gasteiger charge is -2.47. The van der Waals surface area contributed by atoms with E-state index in [1.807, 2.05) is 0 Å². The second-order valence-corrected chi connectivity index (χ2v) is 10.4. The molecule has 0 atom stereocenters. The van der Waals surface area contributed by atoms with Crippen LogP contribution in [0.1, 0.15) is 53.9 Å². The summed E-state index contributed by atoms with van der Waals surface area (Å²) in [6.07, 6.45) is 4.07. The van der Waals surface area contributed by atoms with Crippen molar-refractivity contribution in [2.45, 2.75) is 64.2 Å². The Kier molecular flexibility index (Phi) is 7.75. The van der Waals surface area contributed by atoms with E-state index in [-0.39, 0.29) is 0 Å². The maximum atomic E-state index is 2.65. The number of rotatable bonds is 8. The van der Waals surface area contributed by atoms with E-state index < -0.39 is 0 Å². The zero-order valence-corrected chi connectivity index (χ0v) is 16.0. The monoisotopic (exact) mass is 318 g/mol. The van der Waals surface area contributed by atoms with Gasteiger partial charge in [0.05, 0.1) is 0 Å². The predicted octanol–water partition coefficient (Wildman–Crippen LogP) is 4.36. The first kappa shape index (κ1) is 18.7. The van der Waals surface area contributed by atoms with Crippen LogP contribution in [-0.4, -0.2) is 59.1 Å². The number of unbranched alkanes of at least 4 members (excludes halogenated alkanes) is 2. The van der Waals surface area contributed by atoms with Crippen LogP contribution in [-0.2, 0) is 0 Å². The van der Waals surface area contributed by atoms with Crippen molar-refractivity contribution in [3.63, 3.8) is 0 Å². The third-order valence-electron chi connectivity index (χ3n) is 4.12. The standard InChI is InChI=1S/C16H34N2S2/c1-7-8-9-12-19-20-16(4,5)14-18-11-10-17(6)15(2,3)13-18/h7-14H2,1-6H3. The molecular formula is C16H34N2S2. The third-order valence-corrected chi connectivity index (χ3v) is 7.48. The Hall–Kier alpha value is 0.620. The summed E-state index contributed by atoms with van der Waals surface area (Å²) in [7, 11) is 6.40. The summed E-state index contributed by atoms with van der Waals surface area (Å²) in [5.74, 6) is 1.30. The molecule has 1 aliphatic heterocycles. The molecule has 0 aliphatic carbocycles. The quantitative estimate of drug-likeness (QED) is 0.484. The predicted molar refractivity (Wildman–Crippen MR) is 96.8 cm³/mol. The Balaban J connectivity index is 2.31. The smallest absolute Gasteiger partial charge is 0.0334 e. The fraction of sp³-hybridized carbons (Fsp3) is 1.00. The minimum atomic E-state index is 0.313. The van der Waals surface area contributed by atoms with E-state index in [1.165, 1.54) is 51.2 Å². The van der Waals surface area contributed by atoms with Crippen LogP contribution in [0.4, 0.5) is 0 Å². The van der Waals surface area contributed by atoms with E-state index in [4.69, 9.17) is 0 Å². The van der Waals surface area contributed by atoms with Crippen molar-refractivity contribution < 1.29 is 0 Å². The van der Waals surface area contributed by atoms with Crippen LogP contribution in [0.5, 0.6) is 0 Å². The number of piperazine rings is 1. The summed E-state index contributed by atoms with van der Waals surface area (Å²) in [5.41, 5.74) is 0.313. The first-order chi connectivity index (χ1) is 9.27. The van der Waals surface area contributed by atoms with Gasteiger partial charge in [0.15, 0.2) is 0 Å². The molecule has 0 N–H and O–H groups in total. The van der Waals surface area contributed by atoms with E-state index >= 15 is 0 Å². The highest BCUT2D eigenvalue weighted by Crippen LogP contribution is 2.37. The summed E-state index contributed by atoms with van der Waals surface area (Å²) < 4.78 is 0.350. The topological polar surface area (TPSA) is 6.48 Å². The fourth-order valence-corrected chi connectivity index (χ4v) is 5.33. The Morgan fingerprint density at radius 2 is 1.85 bits per heavy atom. The Morgan fingerprint density at radius 3 is 2.45 bits per heavy atom. The summed E-state index contributed by atoms with van der Waals surface area (Å²) in [4.78, 5) is 5.14. The van der Waals surface area contributed by atoms with Crippen LogP contribution in [0.3, 0.4) is 0 Å². The van der Waals surface area contributed by atoms with Gasteiger partial charge in [-0.1, -0.05) is 41.4 Å². The van der Waals surface area contributed by atoms with Gasteiger partial charge >= 0.3 is 0 Å². The van der Waals surface area contributed by atoms with Gasteiger partial charge in [0.1, 0.15) is 0 Å². The number of hydrogen-bond acceptors (Lipinski definition) is 4. The van der Waals surface area contributed by atoms with Crippen LogP contribution < -0.4 is 0 Å². The second-order valence-electron chi connectivity index (χ2n) is 7.32. The van der Waals surface area contributed by atoms with Crippen molar-refractivity contribution in [3.05, 3.63) is 0 Å². The van der Waals surface area contributed by atoms with Crippen molar-refractivity contribution in [2.75, 3.05) is 39.0 Å². The molecule has 0 amide bonds. The normalized spacial score (nSPS) is 21.3. The Labute approximate surface area is 134 Å². The van der Waals surface area contributed by atoms with Crippen LogP contribution in [0.2, 0.25) is 0 Å². The van der Waals surface area contributed by atoms with E-state index in [0.717, 1.165) is 0 Å². The fourth-order valence-electron chi connectivity index (χ4n) is 2.65. The summed E-state index contributed by atoms with van der Waals surface area (Å²) in [6, 6.07) is 0. The van der Waals surface area contributed by atoms with Gasteiger partial charge in [-0.2, -0.15) is 0 Å². The molecule has 4 heteroatoms. The largest absolute Gasteiger partial charge is 0.299 e. The average molecular weight is 319 g/mol. The van der Waals surface area contributed by atoms with E-state index in [9.17, 15) is 0 Å².